The van der Waals surface area contributed by atoms with E-state index in [9.17, 15) is 9.59 Å². The van der Waals surface area contributed by atoms with Crippen molar-refractivity contribution in [3.05, 3.63) is 27.1 Å². The van der Waals surface area contributed by atoms with Gasteiger partial charge < -0.3 is 0 Å². The van der Waals surface area contributed by atoms with E-state index in [0.29, 0.717) is 21.4 Å². The summed E-state index contributed by atoms with van der Waals surface area (Å²) in [6.45, 7) is 3.85. The van der Waals surface area contributed by atoms with E-state index in [0.717, 1.165) is 28.0 Å². The van der Waals surface area contributed by atoms with Gasteiger partial charge in [-0.25, -0.2) is 14.3 Å². The quantitative estimate of drug-likeness (QED) is 0.633. The SMILES string of the molecule is Cc1sc2ncn(NC(=O)CSc3nnnn3C3CCCCC3)c(=O)c2c1C. The van der Waals surface area contributed by atoms with Crippen molar-refractivity contribution in [3.63, 3.8) is 0 Å². The number of aryl methyl sites for hydroxylation is 2. The van der Waals surface area contributed by atoms with E-state index in [1.54, 1.807) is 0 Å². The lowest BCUT2D eigenvalue weighted by Crippen LogP contribution is -2.34. The summed E-state index contributed by atoms with van der Waals surface area (Å²) < 4.78 is 2.98. The van der Waals surface area contributed by atoms with Crippen molar-refractivity contribution in [2.45, 2.75) is 57.1 Å². The summed E-state index contributed by atoms with van der Waals surface area (Å²) in [6.07, 6.45) is 7.08. The number of hydrogen-bond donors (Lipinski definition) is 1. The number of aromatic nitrogens is 6. The molecule has 11 heteroatoms. The number of thiophene rings is 1. The molecule has 148 valence electrons. The van der Waals surface area contributed by atoms with Crippen LogP contribution in [0.25, 0.3) is 10.2 Å². The van der Waals surface area contributed by atoms with Crippen molar-refractivity contribution >= 4 is 39.2 Å². The van der Waals surface area contributed by atoms with Crippen LogP contribution in [0.3, 0.4) is 0 Å². The highest BCUT2D eigenvalue weighted by atomic mass is 32.2. The van der Waals surface area contributed by atoms with Crippen LogP contribution in [0.1, 0.15) is 48.6 Å². The van der Waals surface area contributed by atoms with Crippen molar-refractivity contribution in [2.24, 2.45) is 0 Å². The van der Waals surface area contributed by atoms with E-state index in [2.05, 4.69) is 25.9 Å². The Morgan fingerprint density at radius 3 is 2.89 bits per heavy atom. The average molecular weight is 420 g/mol. The summed E-state index contributed by atoms with van der Waals surface area (Å²) in [5, 5.41) is 13.1. The summed E-state index contributed by atoms with van der Waals surface area (Å²) in [4.78, 5) is 31.1. The van der Waals surface area contributed by atoms with Gasteiger partial charge in [0.05, 0.1) is 17.2 Å². The summed E-state index contributed by atoms with van der Waals surface area (Å²) >= 11 is 2.75. The Labute approximate surface area is 169 Å². The number of carbonyl (C=O) groups excluding carboxylic acids is 1. The lowest BCUT2D eigenvalue weighted by atomic mass is 9.96. The van der Waals surface area contributed by atoms with E-state index in [-0.39, 0.29) is 17.2 Å². The van der Waals surface area contributed by atoms with E-state index in [1.807, 2.05) is 18.5 Å². The van der Waals surface area contributed by atoms with Gasteiger partial charge in [0.1, 0.15) is 11.2 Å². The molecule has 3 aromatic heterocycles. The number of nitrogens with zero attached hydrogens (tertiary/aromatic N) is 6. The molecular formula is C17H21N7O2S2. The lowest BCUT2D eigenvalue weighted by molar-refractivity contribution is -0.114. The number of carbonyl (C=O) groups is 1. The number of rotatable bonds is 5. The Hall–Kier alpha value is -2.27. The molecule has 1 amide bonds. The molecule has 0 atom stereocenters. The fourth-order valence-electron chi connectivity index (χ4n) is 3.45. The molecule has 0 saturated heterocycles. The van der Waals surface area contributed by atoms with E-state index in [4.69, 9.17) is 0 Å². The molecule has 0 aliphatic heterocycles. The lowest BCUT2D eigenvalue weighted by Gasteiger charge is -2.21. The van der Waals surface area contributed by atoms with Crippen LogP contribution in [0.5, 0.6) is 0 Å². The molecule has 1 fully saturated rings. The minimum absolute atomic E-state index is 0.110. The molecule has 0 radical (unpaired) electrons. The van der Waals surface area contributed by atoms with Gasteiger partial charge in [0.15, 0.2) is 0 Å². The van der Waals surface area contributed by atoms with Crippen molar-refractivity contribution in [1.82, 2.24) is 29.9 Å². The summed E-state index contributed by atoms with van der Waals surface area (Å²) in [6, 6.07) is 0.299. The monoisotopic (exact) mass is 419 g/mol. The van der Waals surface area contributed by atoms with Gasteiger partial charge in [0.25, 0.3) is 5.56 Å². The summed E-state index contributed by atoms with van der Waals surface area (Å²) in [7, 11) is 0. The van der Waals surface area contributed by atoms with Gasteiger partial charge in [0, 0.05) is 4.88 Å². The third kappa shape index (κ3) is 3.68. The third-order valence-electron chi connectivity index (χ3n) is 5.05. The average Bonchev–Trinajstić information content (AvgIpc) is 3.28. The fraction of sp³-hybridized carbons (Fsp3) is 0.529. The normalized spacial score (nSPS) is 15.2. The molecule has 3 heterocycles. The predicted octanol–water partition coefficient (Wildman–Crippen LogP) is 2.43. The van der Waals surface area contributed by atoms with Gasteiger partial charge in [-0.15, -0.1) is 16.4 Å². The van der Waals surface area contributed by atoms with Gasteiger partial charge in [-0.05, 0) is 42.7 Å². The van der Waals surface area contributed by atoms with Crippen LogP contribution < -0.4 is 11.0 Å². The maximum atomic E-state index is 12.7. The first-order valence-corrected chi connectivity index (χ1v) is 11.0. The van der Waals surface area contributed by atoms with Crippen LogP contribution in [0.15, 0.2) is 16.3 Å². The summed E-state index contributed by atoms with van der Waals surface area (Å²) in [5.41, 5.74) is 3.25. The number of nitrogens with one attached hydrogen (secondary N) is 1. The fourth-order valence-corrected chi connectivity index (χ4v) is 5.17. The second kappa shape index (κ2) is 8.00. The molecule has 0 unspecified atom stereocenters. The van der Waals surface area contributed by atoms with Gasteiger partial charge in [-0.2, -0.15) is 0 Å². The van der Waals surface area contributed by atoms with Crippen molar-refractivity contribution in [2.75, 3.05) is 11.2 Å². The molecule has 4 rings (SSSR count). The molecule has 0 spiro atoms. The second-order valence-corrected chi connectivity index (χ2v) is 9.05. The minimum Gasteiger partial charge on any atom is -0.272 e. The number of hydrogen-bond acceptors (Lipinski definition) is 8. The van der Waals surface area contributed by atoms with Gasteiger partial charge in [-0.3, -0.25) is 15.0 Å². The second-order valence-electron chi connectivity index (χ2n) is 6.90. The Balaban J connectivity index is 1.44. The van der Waals surface area contributed by atoms with Crippen LogP contribution >= 0.6 is 23.1 Å². The molecule has 1 aliphatic carbocycles. The Morgan fingerprint density at radius 1 is 1.32 bits per heavy atom. The highest BCUT2D eigenvalue weighted by molar-refractivity contribution is 7.99. The molecule has 1 aliphatic rings. The van der Waals surface area contributed by atoms with Gasteiger partial charge in [0.2, 0.25) is 11.1 Å². The van der Waals surface area contributed by atoms with Crippen LogP contribution in [-0.4, -0.2) is 41.5 Å². The molecule has 9 nitrogen and oxygen atoms in total. The zero-order chi connectivity index (χ0) is 19.7. The first-order chi connectivity index (χ1) is 13.5. The van der Waals surface area contributed by atoms with Crippen LogP contribution in [0.2, 0.25) is 0 Å². The van der Waals surface area contributed by atoms with Gasteiger partial charge >= 0.3 is 0 Å². The largest absolute Gasteiger partial charge is 0.281 e. The Morgan fingerprint density at radius 2 is 2.11 bits per heavy atom. The zero-order valence-corrected chi connectivity index (χ0v) is 17.3. The Bertz CT molecular complexity index is 1070. The topological polar surface area (TPSA) is 108 Å². The van der Waals surface area contributed by atoms with Crippen molar-refractivity contribution in [1.29, 1.82) is 0 Å². The maximum Gasteiger partial charge on any atom is 0.281 e. The number of fused-ring (bicyclic) bond motifs is 1. The first-order valence-electron chi connectivity index (χ1n) is 9.22. The number of tetrazole rings is 1. The zero-order valence-electron chi connectivity index (χ0n) is 15.7. The molecule has 1 N–H and O–H groups in total. The van der Waals surface area contributed by atoms with Crippen molar-refractivity contribution < 1.29 is 4.79 Å². The standard InChI is InChI=1S/C17H21N7O2S2/c1-10-11(2)28-15-14(10)16(26)23(9-18-15)20-13(25)8-27-17-19-21-22-24(17)12-6-4-3-5-7-12/h9,12H,3-8H2,1-2H3,(H,20,25). The number of amides is 1. The third-order valence-corrected chi connectivity index (χ3v) is 7.10. The molecule has 0 bridgehead atoms. The van der Waals surface area contributed by atoms with Crippen LogP contribution in [-0.2, 0) is 4.79 Å². The molecule has 28 heavy (non-hydrogen) atoms. The maximum absolute atomic E-state index is 12.7. The smallest absolute Gasteiger partial charge is 0.272 e. The Kier molecular flexibility index (Phi) is 5.44. The van der Waals surface area contributed by atoms with Gasteiger partial charge in [-0.1, -0.05) is 31.0 Å². The highest BCUT2D eigenvalue weighted by Crippen LogP contribution is 2.30. The van der Waals surface area contributed by atoms with E-state index in [1.165, 1.54) is 48.7 Å². The summed E-state index contributed by atoms with van der Waals surface area (Å²) in [5.74, 6) is -0.199. The minimum atomic E-state index is -0.309. The number of thioether (sulfide) groups is 1. The van der Waals surface area contributed by atoms with E-state index >= 15 is 0 Å². The van der Waals surface area contributed by atoms with Crippen LogP contribution in [0, 0.1) is 13.8 Å². The highest BCUT2D eigenvalue weighted by Gasteiger charge is 2.21. The van der Waals surface area contributed by atoms with E-state index < -0.39 is 0 Å². The molecular weight excluding hydrogens is 398 g/mol. The predicted molar refractivity (Wildman–Crippen MR) is 108 cm³/mol. The molecule has 3 aromatic rings. The molecule has 0 aromatic carbocycles. The first kappa shape index (κ1) is 19.1. The van der Waals surface area contributed by atoms with Crippen molar-refractivity contribution in [3.8, 4) is 0 Å². The molecule has 1 saturated carbocycles. The van der Waals surface area contributed by atoms with Crippen LogP contribution in [0.4, 0.5) is 0 Å².